The van der Waals surface area contributed by atoms with E-state index in [0.717, 1.165) is 23.4 Å². The summed E-state index contributed by atoms with van der Waals surface area (Å²) < 4.78 is 7.01. The van der Waals surface area contributed by atoms with Crippen LogP contribution in [0.2, 0.25) is 0 Å². The molecular formula is C16H16N2O2. The number of pyridine rings is 1. The normalized spacial score (nSPS) is 10.1. The van der Waals surface area contributed by atoms with Gasteiger partial charge in [0.1, 0.15) is 17.4 Å². The Labute approximate surface area is 117 Å². The van der Waals surface area contributed by atoms with E-state index < -0.39 is 0 Å². The molecule has 0 N–H and O–H groups in total. The highest BCUT2D eigenvalue weighted by atomic mass is 16.5. The number of hydrogen-bond acceptors (Lipinski definition) is 3. The van der Waals surface area contributed by atoms with Crippen molar-refractivity contribution in [1.29, 1.82) is 5.26 Å². The van der Waals surface area contributed by atoms with Crippen molar-refractivity contribution in [2.75, 3.05) is 6.61 Å². The van der Waals surface area contributed by atoms with Crippen molar-refractivity contribution >= 4 is 0 Å². The summed E-state index contributed by atoms with van der Waals surface area (Å²) in [5.41, 5.74) is 1.56. The van der Waals surface area contributed by atoms with Crippen molar-refractivity contribution in [2.24, 2.45) is 7.05 Å². The van der Waals surface area contributed by atoms with Crippen LogP contribution in [0.15, 0.2) is 41.2 Å². The summed E-state index contributed by atoms with van der Waals surface area (Å²) in [7, 11) is 1.67. The molecule has 20 heavy (non-hydrogen) atoms. The minimum atomic E-state index is -0.281. The summed E-state index contributed by atoms with van der Waals surface area (Å²) in [5.74, 6) is 0.814. The first-order valence-electron chi connectivity index (χ1n) is 6.50. The summed E-state index contributed by atoms with van der Waals surface area (Å²) >= 11 is 0. The number of hydrogen-bond donors (Lipinski definition) is 0. The monoisotopic (exact) mass is 268 g/mol. The molecule has 0 spiro atoms. The van der Waals surface area contributed by atoms with E-state index in [4.69, 9.17) is 10.00 Å². The van der Waals surface area contributed by atoms with Gasteiger partial charge in [0.15, 0.2) is 0 Å². The van der Waals surface area contributed by atoms with Gasteiger partial charge in [0.25, 0.3) is 5.56 Å². The van der Waals surface area contributed by atoms with Crippen LogP contribution in [0.5, 0.6) is 5.75 Å². The second kappa shape index (κ2) is 6.07. The molecule has 0 fully saturated rings. The maximum atomic E-state index is 11.9. The molecule has 4 nitrogen and oxygen atoms in total. The van der Waals surface area contributed by atoms with Gasteiger partial charge in [-0.25, -0.2) is 0 Å². The molecule has 0 atom stereocenters. The third kappa shape index (κ3) is 2.72. The Balaban J connectivity index is 2.35. The second-order valence-corrected chi connectivity index (χ2v) is 4.48. The molecule has 0 saturated heterocycles. The zero-order valence-electron chi connectivity index (χ0n) is 11.6. The van der Waals surface area contributed by atoms with Crippen LogP contribution in [-0.2, 0) is 7.05 Å². The summed E-state index contributed by atoms with van der Waals surface area (Å²) in [6, 6.07) is 12.8. The third-order valence-corrected chi connectivity index (χ3v) is 3.05. The van der Waals surface area contributed by atoms with Gasteiger partial charge in [-0.2, -0.15) is 5.26 Å². The Morgan fingerprint density at radius 1 is 1.20 bits per heavy atom. The van der Waals surface area contributed by atoms with Crippen LogP contribution in [0.4, 0.5) is 0 Å². The van der Waals surface area contributed by atoms with Crippen molar-refractivity contribution < 1.29 is 4.74 Å². The summed E-state index contributed by atoms with van der Waals surface area (Å²) in [5, 5.41) is 8.84. The Kier molecular flexibility index (Phi) is 4.21. The van der Waals surface area contributed by atoms with E-state index in [2.05, 4.69) is 6.92 Å². The standard InChI is InChI=1S/C16H16N2O2/c1-3-10-20-14-7-4-12(5-8-14)15-9-6-13(11-17)16(19)18(15)2/h4-9H,3,10H2,1-2H3. The molecule has 0 aliphatic heterocycles. The Morgan fingerprint density at radius 2 is 1.90 bits per heavy atom. The van der Waals surface area contributed by atoms with E-state index in [0.29, 0.717) is 6.61 Å². The average Bonchev–Trinajstić information content (AvgIpc) is 2.48. The van der Waals surface area contributed by atoms with Gasteiger partial charge in [0.05, 0.1) is 12.3 Å². The molecule has 0 amide bonds. The van der Waals surface area contributed by atoms with E-state index in [-0.39, 0.29) is 11.1 Å². The third-order valence-electron chi connectivity index (χ3n) is 3.05. The molecule has 0 bridgehead atoms. The van der Waals surface area contributed by atoms with Gasteiger partial charge in [-0.3, -0.25) is 4.79 Å². The lowest BCUT2D eigenvalue weighted by molar-refractivity contribution is 0.317. The maximum absolute atomic E-state index is 11.9. The Hall–Kier alpha value is -2.54. The lowest BCUT2D eigenvalue weighted by Crippen LogP contribution is -2.20. The van der Waals surface area contributed by atoms with Crippen molar-refractivity contribution in [3.8, 4) is 23.1 Å². The zero-order valence-corrected chi connectivity index (χ0v) is 11.6. The highest BCUT2D eigenvalue weighted by Gasteiger charge is 2.07. The zero-order chi connectivity index (χ0) is 14.5. The first kappa shape index (κ1) is 13.9. The molecule has 2 rings (SSSR count). The fourth-order valence-electron chi connectivity index (χ4n) is 1.95. The predicted molar refractivity (Wildman–Crippen MR) is 77.6 cm³/mol. The van der Waals surface area contributed by atoms with Crippen LogP contribution >= 0.6 is 0 Å². The van der Waals surface area contributed by atoms with E-state index in [1.807, 2.05) is 30.3 Å². The first-order chi connectivity index (χ1) is 9.67. The molecule has 1 aromatic heterocycles. The van der Waals surface area contributed by atoms with Gasteiger partial charge >= 0.3 is 0 Å². The number of aromatic nitrogens is 1. The number of rotatable bonds is 4. The second-order valence-electron chi connectivity index (χ2n) is 4.48. The lowest BCUT2D eigenvalue weighted by atomic mass is 10.1. The van der Waals surface area contributed by atoms with Crippen LogP contribution in [0.3, 0.4) is 0 Å². The number of nitrogens with zero attached hydrogens (tertiary/aromatic N) is 2. The van der Waals surface area contributed by atoms with E-state index in [1.54, 1.807) is 19.2 Å². The van der Waals surface area contributed by atoms with Crippen LogP contribution in [0, 0.1) is 11.3 Å². The van der Waals surface area contributed by atoms with Crippen LogP contribution < -0.4 is 10.3 Å². The fourth-order valence-corrected chi connectivity index (χ4v) is 1.95. The quantitative estimate of drug-likeness (QED) is 0.856. The van der Waals surface area contributed by atoms with Crippen LogP contribution in [0.25, 0.3) is 11.3 Å². The largest absolute Gasteiger partial charge is 0.494 e. The Bertz CT molecular complexity index is 694. The van der Waals surface area contributed by atoms with Gasteiger partial charge in [-0.1, -0.05) is 6.92 Å². The minimum absolute atomic E-state index is 0.152. The van der Waals surface area contributed by atoms with Gasteiger partial charge in [-0.15, -0.1) is 0 Å². The summed E-state index contributed by atoms with van der Waals surface area (Å²) in [4.78, 5) is 11.9. The first-order valence-corrected chi connectivity index (χ1v) is 6.50. The smallest absolute Gasteiger partial charge is 0.268 e. The van der Waals surface area contributed by atoms with E-state index in [9.17, 15) is 4.79 Å². The van der Waals surface area contributed by atoms with Gasteiger partial charge in [-0.05, 0) is 48.4 Å². The topological polar surface area (TPSA) is 55.0 Å². The van der Waals surface area contributed by atoms with Gasteiger partial charge < -0.3 is 9.30 Å². The average molecular weight is 268 g/mol. The molecule has 0 aliphatic rings. The van der Waals surface area contributed by atoms with Crippen molar-refractivity contribution in [3.63, 3.8) is 0 Å². The van der Waals surface area contributed by atoms with E-state index >= 15 is 0 Å². The minimum Gasteiger partial charge on any atom is -0.494 e. The maximum Gasteiger partial charge on any atom is 0.268 e. The molecule has 0 aliphatic carbocycles. The van der Waals surface area contributed by atoms with Crippen molar-refractivity contribution in [2.45, 2.75) is 13.3 Å². The van der Waals surface area contributed by atoms with E-state index in [1.165, 1.54) is 4.57 Å². The van der Waals surface area contributed by atoms with Gasteiger partial charge in [0.2, 0.25) is 0 Å². The summed E-state index contributed by atoms with van der Waals surface area (Å²) in [6.07, 6.45) is 0.964. The number of benzene rings is 1. The number of ether oxygens (including phenoxy) is 1. The Morgan fingerprint density at radius 3 is 2.50 bits per heavy atom. The van der Waals surface area contributed by atoms with Crippen LogP contribution in [-0.4, -0.2) is 11.2 Å². The predicted octanol–water partition coefficient (Wildman–Crippen LogP) is 2.71. The van der Waals surface area contributed by atoms with Crippen LogP contribution in [0.1, 0.15) is 18.9 Å². The van der Waals surface area contributed by atoms with Crippen molar-refractivity contribution in [1.82, 2.24) is 4.57 Å². The highest BCUT2D eigenvalue weighted by Crippen LogP contribution is 2.21. The fraction of sp³-hybridized carbons (Fsp3) is 0.250. The van der Waals surface area contributed by atoms with Crippen molar-refractivity contribution in [3.05, 3.63) is 52.3 Å². The molecule has 102 valence electrons. The molecule has 0 radical (unpaired) electrons. The molecule has 0 unspecified atom stereocenters. The molecule has 1 aromatic carbocycles. The highest BCUT2D eigenvalue weighted by molar-refractivity contribution is 5.61. The van der Waals surface area contributed by atoms with Gasteiger partial charge in [0, 0.05) is 7.05 Å². The molecule has 4 heteroatoms. The molecule has 2 aromatic rings. The summed E-state index contributed by atoms with van der Waals surface area (Å²) in [6.45, 7) is 2.75. The SMILES string of the molecule is CCCOc1ccc(-c2ccc(C#N)c(=O)n2C)cc1. The number of nitriles is 1. The molecule has 0 saturated carbocycles. The molecular weight excluding hydrogens is 252 g/mol. The molecule has 1 heterocycles. The lowest BCUT2D eigenvalue weighted by Gasteiger charge is -2.10.